The molecule has 24 heavy (non-hydrogen) atoms. The number of carbonyl (C=O) groups excluding carboxylic acids is 1. The first-order valence-corrected chi connectivity index (χ1v) is 8.38. The number of nitrogens with zero attached hydrogens (tertiary/aromatic N) is 3. The Morgan fingerprint density at radius 3 is 2.33 bits per heavy atom. The van der Waals surface area contributed by atoms with Gasteiger partial charge in [-0.15, -0.1) is 0 Å². The van der Waals surface area contributed by atoms with Crippen molar-refractivity contribution in [3.63, 3.8) is 0 Å². The number of hydrogen-bond acceptors (Lipinski definition) is 4. The lowest BCUT2D eigenvalue weighted by molar-refractivity contribution is -0.118. The molecule has 0 aliphatic rings. The van der Waals surface area contributed by atoms with E-state index in [4.69, 9.17) is 5.73 Å². The second kappa shape index (κ2) is 14.1. The van der Waals surface area contributed by atoms with Crippen molar-refractivity contribution in [2.45, 2.75) is 48.5 Å². The second-order valence-corrected chi connectivity index (χ2v) is 3.82. The van der Waals surface area contributed by atoms with E-state index >= 15 is 0 Å². The summed E-state index contributed by atoms with van der Waals surface area (Å²) in [5.74, 6) is 6.12. The van der Waals surface area contributed by atoms with E-state index in [0.717, 1.165) is 16.6 Å². The summed E-state index contributed by atoms with van der Waals surface area (Å²) in [6.45, 7) is 13.8. The molecule has 2 aromatic heterocycles. The number of nitrogens with one attached hydrogen (secondary N) is 1. The summed E-state index contributed by atoms with van der Waals surface area (Å²) in [5, 5.41) is 3.35. The lowest BCUT2D eigenvalue weighted by Gasteiger charge is -1.96. The SMILES string of the molecule is CC.CC.CC.CC(=O)NCC#Cc1cn(C)c2ncnc(N)c12. The molecule has 0 unspecified atom stereocenters. The van der Waals surface area contributed by atoms with Crippen LogP contribution in [-0.2, 0) is 11.8 Å². The molecule has 0 saturated carbocycles. The number of fused-ring (bicyclic) bond motifs is 1. The number of nitrogens with two attached hydrogens (primary N) is 1. The number of aryl methyl sites for hydroxylation is 1. The summed E-state index contributed by atoms with van der Waals surface area (Å²) in [5.41, 5.74) is 7.32. The summed E-state index contributed by atoms with van der Waals surface area (Å²) in [6, 6.07) is 0. The van der Waals surface area contributed by atoms with Crippen LogP contribution < -0.4 is 11.1 Å². The van der Waals surface area contributed by atoms with Gasteiger partial charge in [0.1, 0.15) is 17.8 Å². The summed E-state index contributed by atoms with van der Waals surface area (Å²) in [4.78, 5) is 18.8. The Labute approximate surface area is 145 Å². The molecule has 0 fully saturated rings. The number of carbonyl (C=O) groups is 1. The van der Waals surface area contributed by atoms with Crippen molar-refractivity contribution in [1.29, 1.82) is 0 Å². The van der Waals surface area contributed by atoms with Crippen LogP contribution in [0.3, 0.4) is 0 Å². The Balaban J connectivity index is 0. The van der Waals surface area contributed by atoms with Crippen LogP contribution in [0, 0.1) is 11.8 Å². The van der Waals surface area contributed by atoms with Gasteiger partial charge in [0.15, 0.2) is 0 Å². The lowest BCUT2D eigenvalue weighted by atomic mass is 10.2. The van der Waals surface area contributed by atoms with Gasteiger partial charge in [0, 0.05) is 20.2 Å². The van der Waals surface area contributed by atoms with Crippen molar-refractivity contribution in [2.75, 3.05) is 12.3 Å². The van der Waals surface area contributed by atoms with Crippen LogP contribution in [0.15, 0.2) is 12.5 Å². The first kappa shape index (κ1) is 23.7. The summed E-state index contributed by atoms with van der Waals surface area (Å²) < 4.78 is 1.84. The van der Waals surface area contributed by atoms with Gasteiger partial charge in [-0.1, -0.05) is 53.4 Å². The van der Waals surface area contributed by atoms with Crippen molar-refractivity contribution >= 4 is 22.8 Å². The third-order valence-electron chi connectivity index (χ3n) is 2.43. The topological polar surface area (TPSA) is 85.8 Å². The number of amides is 1. The number of nitrogen functional groups attached to an aromatic ring is 1. The zero-order chi connectivity index (χ0) is 19.1. The van der Waals surface area contributed by atoms with Crippen LogP contribution in [0.2, 0.25) is 0 Å². The van der Waals surface area contributed by atoms with Crippen LogP contribution in [0.25, 0.3) is 11.0 Å². The number of rotatable bonds is 1. The van der Waals surface area contributed by atoms with Gasteiger partial charge in [0.2, 0.25) is 5.91 Å². The summed E-state index contributed by atoms with van der Waals surface area (Å²) >= 11 is 0. The third kappa shape index (κ3) is 7.14. The average molecular weight is 333 g/mol. The Kier molecular flexibility index (Phi) is 13.9. The fourth-order valence-electron chi connectivity index (χ4n) is 1.64. The van der Waals surface area contributed by atoms with Gasteiger partial charge >= 0.3 is 0 Å². The van der Waals surface area contributed by atoms with E-state index in [2.05, 4.69) is 27.1 Å². The van der Waals surface area contributed by atoms with E-state index in [1.165, 1.54) is 13.3 Å². The molecule has 0 aliphatic heterocycles. The van der Waals surface area contributed by atoms with Crippen LogP contribution in [-0.4, -0.2) is 27.0 Å². The van der Waals surface area contributed by atoms with Crippen LogP contribution in [0.1, 0.15) is 54.0 Å². The average Bonchev–Trinajstić information content (AvgIpc) is 2.94. The standard InChI is InChI=1S/C12H13N5O.3C2H6/c1-8(18)14-5-3-4-9-6-17(2)12-10(9)11(13)15-7-16-12;3*1-2/h6-7H,5H2,1-2H3,(H,14,18)(H2,13,15,16);3*1-2H3. The Hall–Kier alpha value is -2.55. The van der Waals surface area contributed by atoms with Gasteiger partial charge in [-0.2, -0.15) is 0 Å². The van der Waals surface area contributed by atoms with Gasteiger partial charge in [0.25, 0.3) is 0 Å². The highest BCUT2D eigenvalue weighted by molar-refractivity contribution is 5.92. The lowest BCUT2D eigenvalue weighted by Crippen LogP contribution is -2.19. The number of anilines is 1. The van der Waals surface area contributed by atoms with Gasteiger partial charge in [-0.25, -0.2) is 9.97 Å². The fourth-order valence-corrected chi connectivity index (χ4v) is 1.64. The quantitative estimate of drug-likeness (QED) is 0.785. The summed E-state index contributed by atoms with van der Waals surface area (Å²) in [7, 11) is 1.87. The van der Waals surface area contributed by atoms with E-state index in [0.29, 0.717) is 12.4 Å². The van der Waals surface area contributed by atoms with Gasteiger partial charge in [0.05, 0.1) is 17.5 Å². The maximum absolute atomic E-state index is 10.7. The summed E-state index contributed by atoms with van der Waals surface area (Å²) in [6.07, 6.45) is 3.27. The van der Waals surface area contributed by atoms with Crippen LogP contribution in [0.4, 0.5) is 5.82 Å². The van der Waals surface area contributed by atoms with Gasteiger partial charge in [-0.05, 0) is 0 Å². The molecule has 2 aromatic rings. The van der Waals surface area contributed by atoms with Crippen LogP contribution in [0.5, 0.6) is 0 Å². The van der Waals surface area contributed by atoms with E-state index < -0.39 is 0 Å². The number of hydrogen-bond donors (Lipinski definition) is 2. The van der Waals surface area contributed by atoms with Crippen molar-refractivity contribution in [3.8, 4) is 11.8 Å². The normalized spacial score (nSPS) is 8.17. The fraction of sp³-hybridized carbons (Fsp3) is 0.500. The predicted octanol–water partition coefficient (Wildman–Crippen LogP) is 3.12. The van der Waals surface area contributed by atoms with E-state index in [1.54, 1.807) is 0 Å². The minimum Gasteiger partial charge on any atom is -0.383 e. The molecule has 0 spiro atoms. The third-order valence-corrected chi connectivity index (χ3v) is 2.43. The maximum Gasteiger partial charge on any atom is 0.217 e. The second-order valence-electron chi connectivity index (χ2n) is 3.82. The molecule has 2 heterocycles. The van der Waals surface area contributed by atoms with Crippen molar-refractivity contribution in [2.24, 2.45) is 7.05 Å². The largest absolute Gasteiger partial charge is 0.383 e. The van der Waals surface area contributed by atoms with Gasteiger partial charge in [-0.3, -0.25) is 4.79 Å². The maximum atomic E-state index is 10.7. The molecule has 6 heteroatoms. The first-order valence-electron chi connectivity index (χ1n) is 8.38. The Morgan fingerprint density at radius 2 is 1.79 bits per heavy atom. The van der Waals surface area contributed by atoms with E-state index in [1.807, 2.05) is 59.4 Å². The molecule has 1 amide bonds. The minimum atomic E-state index is -0.106. The molecule has 134 valence electrons. The predicted molar refractivity (Wildman–Crippen MR) is 103 cm³/mol. The first-order chi connectivity index (χ1) is 11.6. The van der Waals surface area contributed by atoms with Crippen molar-refractivity contribution < 1.29 is 4.79 Å². The molecule has 3 N–H and O–H groups in total. The smallest absolute Gasteiger partial charge is 0.217 e. The molecule has 0 atom stereocenters. The molecule has 6 nitrogen and oxygen atoms in total. The monoisotopic (exact) mass is 333 g/mol. The van der Waals surface area contributed by atoms with Crippen LogP contribution >= 0.6 is 0 Å². The Bertz CT molecular complexity index is 665. The Morgan fingerprint density at radius 1 is 1.21 bits per heavy atom. The van der Waals surface area contributed by atoms with E-state index in [9.17, 15) is 4.79 Å². The molecular weight excluding hydrogens is 302 g/mol. The van der Waals surface area contributed by atoms with Crippen molar-refractivity contribution in [3.05, 3.63) is 18.1 Å². The van der Waals surface area contributed by atoms with Gasteiger partial charge < -0.3 is 15.6 Å². The molecule has 0 radical (unpaired) electrons. The molecule has 0 aromatic carbocycles. The number of aromatic nitrogens is 3. The molecule has 0 saturated heterocycles. The molecular formula is C18H31N5O. The molecule has 0 bridgehead atoms. The zero-order valence-electron chi connectivity index (χ0n) is 16.2. The highest BCUT2D eigenvalue weighted by Crippen LogP contribution is 2.21. The van der Waals surface area contributed by atoms with E-state index in [-0.39, 0.29) is 5.91 Å². The highest BCUT2D eigenvalue weighted by atomic mass is 16.1. The highest BCUT2D eigenvalue weighted by Gasteiger charge is 2.09. The minimum absolute atomic E-state index is 0.106. The molecule has 0 aliphatic carbocycles. The molecule has 2 rings (SSSR count). The van der Waals surface area contributed by atoms with Crippen molar-refractivity contribution in [1.82, 2.24) is 19.9 Å². The zero-order valence-corrected chi connectivity index (χ0v) is 16.2.